The van der Waals surface area contributed by atoms with Crippen molar-refractivity contribution in [2.45, 2.75) is 44.3 Å². The molecule has 1 atom stereocenters. The van der Waals surface area contributed by atoms with Crippen molar-refractivity contribution in [3.63, 3.8) is 0 Å². The van der Waals surface area contributed by atoms with Gasteiger partial charge in [-0.15, -0.1) is 0 Å². The van der Waals surface area contributed by atoms with E-state index in [9.17, 15) is 8.78 Å². The smallest absolute Gasteiger partial charge is 0.223 e. The van der Waals surface area contributed by atoms with Gasteiger partial charge < -0.3 is 14.8 Å². The highest BCUT2D eigenvalue weighted by molar-refractivity contribution is 5.78. The van der Waals surface area contributed by atoms with Crippen molar-refractivity contribution in [1.29, 1.82) is 0 Å². The summed E-state index contributed by atoms with van der Waals surface area (Å²) in [5.41, 5.74) is 4.33. The zero-order valence-electron chi connectivity index (χ0n) is 20.2. The zero-order chi connectivity index (χ0) is 24.6. The van der Waals surface area contributed by atoms with E-state index < -0.39 is 0 Å². The van der Waals surface area contributed by atoms with Crippen molar-refractivity contribution < 1.29 is 8.78 Å². The molecule has 1 aliphatic heterocycles. The highest BCUT2D eigenvalue weighted by atomic mass is 19.1. The van der Waals surface area contributed by atoms with E-state index >= 15 is 0 Å². The van der Waals surface area contributed by atoms with Gasteiger partial charge in [0, 0.05) is 43.4 Å². The zero-order valence-corrected chi connectivity index (χ0v) is 20.2. The molecule has 0 amide bonds. The Morgan fingerprint density at radius 3 is 2.61 bits per heavy atom. The van der Waals surface area contributed by atoms with E-state index in [0.29, 0.717) is 18.5 Å². The molecule has 1 fully saturated rings. The van der Waals surface area contributed by atoms with E-state index in [0.717, 1.165) is 66.3 Å². The largest absolute Gasteiger partial charge is 0.351 e. The normalized spacial score (nSPS) is 16.9. The Bertz CT molecular complexity index is 1380. The summed E-state index contributed by atoms with van der Waals surface area (Å²) in [5.74, 6) is 1.13. The summed E-state index contributed by atoms with van der Waals surface area (Å²) < 4.78 is 29.7. The average molecular weight is 487 g/mol. The second-order valence-corrected chi connectivity index (χ2v) is 9.81. The SMILES string of the molecule is CN(Cc1cccc(F)c1)C[C@@H]1CCc2nc(-c3ccc(F)cc3)c(-c3ccnc(NC4CC4)n3)n21. The number of rotatable bonds is 8. The molecule has 2 aliphatic rings. The van der Waals surface area contributed by atoms with Crippen molar-refractivity contribution in [1.82, 2.24) is 24.4 Å². The molecular weight excluding hydrogens is 458 g/mol. The van der Waals surface area contributed by atoms with Crippen LogP contribution in [0.2, 0.25) is 0 Å². The van der Waals surface area contributed by atoms with Crippen LogP contribution in [0.3, 0.4) is 0 Å². The molecule has 1 N–H and O–H groups in total. The van der Waals surface area contributed by atoms with Crippen molar-refractivity contribution in [3.8, 4) is 22.6 Å². The lowest BCUT2D eigenvalue weighted by Crippen LogP contribution is -2.26. The van der Waals surface area contributed by atoms with Crippen LogP contribution in [0.4, 0.5) is 14.7 Å². The van der Waals surface area contributed by atoms with Gasteiger partial charge in [0.1, 0.15) is 17.5 Å². The Labute approximate surface area is 209 Å². The minimum atomic E-state index is -0.276. The van der Waals surface area contributed by atoms with Crippen LogP contribution in [-0.2, 0) is 13.0 Å². The molecule has 2 aromatic carbocycles. The van der Waals surface area contributed by atoms with E-state index in [1.165, 1.54) is 18.2 Å². The molecule has 0 radical (unpaired) electrons. The van der Waals surface area contributed by atoms with Crippen LogP contribution in [-0.4, -0.2) is 44.1 Å². The molecule has 36 heavy (non-hydrogen) atoms. The lowest BCUT2D eigenvalue weighted by molar-refractivity contribution is 0.273. The van der Waals surface area contributed by atoms with Crippen LogP contribution in [0.5, 0.6) is 0 Å². The molecule has 184 valence electrons. The third kappa shape index (κ3) is 4.73. The van der Waals surface area contributed by atoms with Gasteiger partial charge in [-0.3, -0.25) is 0 Å². The Balaban J connectivity index is 1.36. The van der Waals surface area contributed by atoms with Crippen molar-refractivity contribution >= 4 is 5.95 Å². The van der Waals surface area contributed by atoms with Crippen LogP contribution in [0, 0.1) is 11.6 Å². The highest BCUT2D eigenvalue weighted by Gasteiger charge is 2.32. The number of hydrogen-bond donors (Lipinski definition) is 1. The van der Waals surface area contributed by atoms with E-state index in [2.05, 4.69) is 26.8 Å². The molecule has 3 heterocycles. The first kappa shape index (κ1) is 22.8. The van der Waals surface area contributed by atoms with Gasteiger partial charge in [0.25, 0.3) is 0 Å². The number of fused-ring (bicyclic) bond motifs is 1. The van der Waals surface area contributed by atoms with Gasteiger partial charge in [-0.2, -0.15) is 0 Å². The first-order chi connectivity index (χ1) is 17.5. The van der Waals surface area contributed by atoms with Gasteiger partial charge in [-0.1, -0.05) is 12.1 Å². The number of imidazole rings is 1. The average Bonchev–Trinajstić information content (AvgIpc) is 3.47. The summed E-state index contributed by atoms with van der Waals surface area (Å²) in [6, 6.07) is 15.8. The standard InChI is InChI=1S/C28H28F2N6/c1-35(16-18-3-2-4-21(30)15-18)17-23-11-12-25-34-26(19-5-7-20(29)8-6-19)27(36(23)25)24-13-14-31-28(33-24)32-22-9-10-22/h2-8,13-15,22-23H,9-12,16-17H2,1H3,(H,31,32,33)/t23-/m0/s1. The van der Waals surface area contributed by atoms with Gasteiger partial charge in [-0.05, 0) is 74.3 Å². The summed E-state index contributed by atoms with van der Waals surface area (Å²) in [4.78, 5) is 16.5. The number of benzene rings is 2. The molecule has 8 heteroatoms. The van der Waals surface area contributed by atoms with E-state index in [1.54, 1.807) is 30.5 Å². The van der Waals surface area contributed by atoms with Gasteiger partial charge in [0.15, 0.2) is 0 Å². The molecular formula is C28H28F2N6. The molecule has 6 rings (SSSR count). The fourth-order valence-corrected chi connectivity index (χ4v) is 5.04. The van der Waals surface area contributed by atoms with E-state index in [-0.39, 0.29) is 17.7 Å². The Kier molecular flexibility index (Phi) is 5.97. The minimum absolute atomic E-state index is 0.185. The van der Waals surface area contributed by atoms with Crippen LogP contribution < -0.4 is 5.32 Å². The molecule has 0 unspecified atom stereocenters. The van der Waals surface area contributed by atoms with Gasteiger partial charge in [0.05, 0.1) is 17.1 Å². The minimum Gasteiger partial charge on any atom is -0.351 e. The first-order valence-electron chi connectivity index (χ1n) is 12.4. The topological polar surface area (TPSA) is 58.9 Å². The predicted molar refractivity (Wildman–Crippen MR) is 135 cm³/mol. The summed E-state index contributed by atoms with van der Waals surface area (Å²) >= 11 is 0. The Hall–Kier alpha value is -3.65. The number of aromatic nitrogens is 4. The molecule has 6 nitrogen and oxygen atoms in total. The second kappa shape index (κ2) is 9.43. The first-order valence-corrected chi connectivity index (χ1v) is 12.4. The monoisotopic (exact) mass is 486 g/mol. The third-order valence-electron chi connectivity index (χ3n) is 6.84. The third-order valence-corrected chi connectivity index (χ3v) is 6.84. The number of anilines is 1. The fraction of sp³-hybridized carbons (Fsp3) is 0.321. The molecule has 1 aliphatic carbocycles. The number of nitrogens with one attached hydrogen (secondary N) is 1. The molecule has 4 aromatic rings. The number of nitrogens with zero attached hydrogens (tertiary/aromatic N) is 5. The quantitative estimate of drug-likeness (QED) is 0.358. The van der Waals surface area contributed by atoms with Crippen LogP contribution >= 0.6 is 0 Å². The number of likely N-dealkylation sites (N-methyl/N-ethyl adjacent to an activating group) is 1. The van der Waals surface area contributed by atoms with Crippen LogP contribution in [0.1, 0.15) is 36.7 Å². The summed E-state index contributed by atoms with van der Waals surface area (Å²) in [7, 11) is 2.06. The van der Waals surface area contributed by atoms with Crippen LogP contribution in [0.15, 0.2) is 60.8 Å². The molecule has 2 aromatic heterocycles. The number of hydrogen-bond acceptors (Lipinski definition) is 5. The number of halogens is 2. The van der Waals surface area contributed by atoms with Crippen molar-refractivity contribution in [3.05, 3.63) is 83.8 Å². The maximum absolute atomic E-state index is 13.7. The van der Waals surface area contributed by atoms with Gasteiger partial charge >= 0.3 is 0 Å². The van der Waals surface area contributed by atoms with Gasteiger partial charge in [-0.25, -0.2) is 23.7 Å². The molecule has 0 saturated heterocycles. The number of aryl methyl sites for hydroxylation is 1. The van der Waals surface area contributed by atoms with Crippen LogP contribution in [0.25, 0.3) is 22.6 Å². The van der Waals surface area contributed by atoms with Crippen molar-refractivity contribution in [2.24, 2.45) is 0 Å². The maximum atomic E-state index is 13.7. The summed E-state index contributed by atoms with van der Waals surface area (Å²) in [6.45, 7) is 1.44. The molecule has 0 spiro atoms. The Morgan fingerprint density at radius 2 is 1.83 bits per heavy atom. The Morgan fingerprint density at radius 1 is 1.00 bits per heavy atom. The highest BCUT2D eigenvalue weighted by Crippen LogP contribution is 2.39. The molecule has 0 bridgehead atoms. The maximum Gasteiger partial charge on any atom is 0.223 e. The van der Waals surface area contributed by atoms with E-state index in [4.69, 9.17) is 9.97 Å². The lowest BCUT2D eigenvalue weighted by atomic mass is 10.1. The summed E-state index contributed by atoms with van der Waals surface area (Å²) in [5, 5.41) is 3.39. The van der Waals surface area contributed by atoms with Crippen molar-refractivity contribution in [2.75, 3.05) is 18.9 Å². The predicted octanol–water partition coefficient (Wildman–Crippen LogP) is 5.48. The second-order valence-electron chi connectivity index (χ2n) is 9.81. The summed E-state index contributed by atoms with van der Waals surface area (Å²) in [6.07, 6.45) is 5.86. The lowest BCUT2D eigenvalue weighted by Gasteiger charge is -2.24. The van der Waals surface area contributed by atoms with E-state index in [1.807, 2.05) is 12.1 Å². The van der Waals surface area contributed by atoms with Gasteiger partial charge in [0.2, 0.25) is 5.95 Å². The molecule has 1 saturated carbocycles. The fourth-order valence-electron chi connectivity index (χ4n) is 5.04.